The summed E-state index contributed by atoms with van der Waals surface area (Å²) in [6, 6.07) is 24.0. The Kier molecular flexibility index (Phi) is 8.30. The first-order chi connectivity index (χ1) is 17.9. The van der Waals surface area contributed by atoms with Crippen molar-refractivity contribution < 1.29 is 19.2 Å². The van der Waals surface area contributed by atoms with Crippen LogP contribution < -0.4 is 10.6 Å². The lowest BCUT2D eigenvalue weighted by atomic mass is 9.97. The molecule has 8 heteroatoms. The predicted octanol–water partition coefficient (Wildman–Crippen LogP) is 5.29. The second-order valence-electron chi connectivity index (χ2n) is 9.12. The van der Waals surface area contributed by atoms with Crippen LogP contribution in [-0.2, 0) is 11.2 Å². The monoisotopic (exact) mass is 498 g/mol. The van der Waals surface area contributed by atoms with E-state index in [0.717, 1.165) is 36.2 Å². The molecule has 0 saturated carbocycles. The fourth-order valence-electron chi connectivity index (χ4n) is 3.88. The van der Waals surface area contributed by atoms with E-state index in [0.29, 0.717) is 23.2 Å². The van der Waals surface area contributed by atoms with Gasteiger partial charge in [0, 0.05) is 28.9 Å². The van der Waals surface area contributed by atoms with Crippen LogP contribution in [0.3, 0.4) is 0 Å². The van der Waals surface area contributed by atoms with E-state index in [1.165, 1.54) is 12.5 Å². The summed E-state index contributed by atoms with van der Waals surface area (Å²) in [6.07, 6.45) is 1.92. The van der Waals surface area contributed by atoms with Crippen LogP contribution in [0.5, 0.6) is 0 Å². The number of carboxylic acids is 1. The SMILES string of the molecule is CC(CCNc1ccc(C(=O)N[C@@H](C)C(=O)O)cc1)Cc1ccc(-c2nc(-c3ccccc3)no2)cc1. The van der Waals surface area contributed by atoms with Crippen molar-refractivity contribution in [3.05, 3.63) is 90.0 Å². The molecule has 0 saturated heterocycles. The lowest BCUT2D eigenvalue weighted by molar-refractivity contribution is -0.138. The molecule has 1 unspecified atom stereocenters. The van der Waals surface area contributed by atoms with Crippen molar-refractivity contribution in [3.63, 3.8) is 0 Å². The second kappa shape index (κ2) is 12.0. The Hall–Kier alpha value is -4.46. The maximum Gasteiger partial charge on any atom is 0.325 e. The molecule has 0 spiro atoms. The molecule has 4 aromatic rings. The third kappa shape index (κ3) is 7.04. The van der Waals surface area contributed by atoms with E-state index in [2.05, 4.69) is 39.8 Å². The van der Waals surface area contributed by atoms with E-state index in [1.54, 1.807) is 12.1 Å². The third-order valence-corrected chi connectivity index (χ3v) is 6.07. The van der Waals surface area contributed by atoms with Crippen molar-refractivity contribution in [1.29, 1.82) is 0 Å². The van der Waals surface area contributed by atoms with Crippen molar-refractivity contribution in [1.82, 2.24) is 15.5 Å². The number of hydrogen-bond donors (Lipinski definition) is 3. The van der Waals surface area contributed by atoms with Gasteiger partial charge >= 0.3 is 5.97 Å². The van der Waals surface area contributed by atoms with Gasteiger partial charge in [0.1, 0.15) is 6.04 Å². The number of rotatable bonds is 11. The fraction of sp³-hybridized carbons (Fsp3) is 0.241. The van der Waals surface area contributed by atoms with Gasteiger partial charge in [-0.25, -0.2) is 0 Å². The van der Waals surface area contributed by atoms with Crippen molar-refractivity contribution >= 4 is 17.6 Å². The Bertz CT molecular complexity index is 1320. The number of nitrogens with zero attached hydrogens (tertiary/aromatic N) is 2. The average molecular weight is 499 g/mol. The van der Waals surface area contributed by atoms with Crippen molar-refractivity contribution in [2.24, 2.45) is 5.92 Å². The van der Waals surface area contributed by atoms with Crippen LogP contribution >= 0.6 is 0 Å². The first-order valence-electron chi connectivity index (χ1n) is 12.2. The minimum absolute atomic E-state index is 0.406. The lowest BCUT2D eigenvalue weighted by Crippen LogP contribution is -2.38. The molecular weight excluding hydrogens is 468 g/mol. The first kappa shape index (κ1) is 25.6. The molecule has 4 rings (SSSR count). The van der Waals surface area contributed by atoms with Crippen LogP contribution in [0.25, 0.3) is 22.8 Å². The molecule has 0 aliphatic carbocycles. The van der Waals surface area contributed by atoms with Gasteiger partial charge in [-0.15, -0.1) is 0 Å². The maximum atomic E-state index is 12.1. The summed E-state index contributed by atoms with van der Waals surface area (Å²) in [6.45, 7) is 4.45. The molecule has 0 bridgehead atoms. The largest absolute Gasteiger partial charge is 0.480 e. The Morgan fingerprint density at radius 2 is 1.62 bits per heavy atom. The number of carbonyl (C=O) groups is 2. The van der Waals surface area contributed by atoms with Crippen molar-refractivity contribution in [2.75, 3.05) is 11.9 Å². The van der Waals surface area contributed by atoms with Gasteiger partial charge in [-0.05, 0) is 67.6 Å². The van der Waals surface area contributed by atoms with Gasteiger partial charge < -0.3 is 20.3 Å². The zero-order chi connectivity index (χ0) is 26.2. The van der Waals surface area contributed by atoms with Gasteiger partial charge in [-0.1, -0.05) is 54.5 Å². The lowest BCUT2D eigenvalue weighted by Gasteiger charge is -2.14. The summed E-state index contributed by atoms with van der Waals surface area (Å²) in [5, 5.41) is 18.8. The Balaban J connectivity index is 1.23. The number of carbonyl (C=O) groups excluding carboxylic acids is 1. The van der Waals surface area contributed by atoms with Crippen LogP contribution in [0.2, 0.25) is 0 Å². The topological polar surface area (TPSA) is 117 Å². The summed E-state index contributed by atoms with van der Waals surface area (Å²) in [7, 11) is 0. The predicted molar refractivity (Wildman–Crippen MR) is 142 cm³/mol. The number of aliphatic carboxylic acids is 1. The van der Waals surface area contributed by atoms with E-state index in [9.17, 15) is 9.59 Å². The van der Waals surface area contributed by atoms with Crippen LogP contribution in [0, 0.1) is 5.92 Å². The minimum Gasteiger partial charge on any atom is -0.480 e. The highest BCUT2D eigenvalue weighted by molar-refractivity contribution is 5.96. The number of aromatic nitrogens is 2. The molecule has 2 atom stereocenters. The van der Waals surface area contributed by atoms with E-state index < -0.39 is 17.9 Å². The van der Waals surface area contributed by atoms with Gasteiger partial charge in [0.05, 0.1) is 0 Å². The number of nitrogens with one attached hydrogen (secondary N) is 2. The number of carboxylic acid groups (broad SMARTS) is 1. The number of benzene rings is 3. The molecule has 1 amide bonds. The molecule has 8 nitrogen and oxygen atoms in total. The van der Waals surface area contributed by atoms with E-state index >= 15 is 0 Å². The average Bonchev–Trinajstić information content (AvgIpc) is 3.40. The Morgan fingerprint density at radius 1 is 0.919 bits per heavy atom. The standard InChI is InChI=1S/C29H30N4O4/c1-19(16-17-30-25-14-12-23(13-15-25)27(34)31-20(2)29(35)36)18-21-8-10-24(11-9-21)28-32-26(33-37-28)22-6-4-3-5-7-22/h3-15,19-20,30H,16-18H2,1-2H3,(H,31,34)(H,35,36)/t19?,20-/m0/s1. The van der Waals surface area contributed by atoms with E-state index in [1.807, 2.05) is 54.6 Å². The van der Waals surface area contributed by atoms with Gasteiger partial charge in [0.15, 0.2) is 0 Å². The van der Waals surface area contributed by atoms with Gasteiger partial charge in [0.25, 0.3) is 11.8 Å². The van der Waals surface area contributed by atoms with Crippen LogP contribution in [0.1, 0.15) is 36.2 Å². The van der Waals surface area contributed by atoms with Crippen LogP contribution in [0.4, 0.5) is 5.69 Å². The van der Waals surface area contributed by atoms with Crippen molar-refractivity contribution in [2.45, 2.75) is 32.7 Å². The highest BCUT2D eigenvalue weighted by Gasteiger charge is 2.15. The number of anilines is 1. The quantitative estimate of drug-likeness (QED) is 0.257. The number of hydrogen-bond acceptors (Lipinski definition) is 6. The summed E-state index contributed by atoms with van der Waals surface area (Å²) in [5.41, 5.74) is 4.39. The molecule has 190 valence electrons. The summed E-state index contributed by atoms with van der Waals surface area (Å²) < 4.78 is 5.45. The zero-order valence-corrected chi connectivity index (χ0v) is 20.8. The Morgan fingerprint density at radius 3 is 2.30 bits per heavy atom. The molecular formula is C29H30N4O4. The van der Waals surface area contributed by atoms with E-state index in [4.69, 9.17) is 9.63 Å². The minimum atomic E-state index is -1.07. The molecule has 1 heterocycles. The smallest absolute Gasteiger partial charge is 0.325 e. The fourth-order valence-corrected chi connectivity index (χ4v) is 3.88. The molecule has 0 aliphatic rings. The normalized spacial score (nSPS) is 12.5. The first-order valence-corrected chi connectivity index (χ1v) is 12.2. The maximum absolute atomic E-state index is 12.1. The van der Waals surface area contributed by atoms with Crippen molar-refractivity contribution in [3.8, 4) is 22.8 Å². The second-order valence-corrected chi connectivity index (χ2v) is 9.12. The van der Waals surface area contributed by atoms with Gasteiger partial charge in [0.2, 0.25) is 5.82 Å². The molecule has 3 aromatic carbocycles. The highest BCUT2D eigenvalue weighted by atomic mass is 16.5. The molecule has 3 N–H and O–H groups in total. The van der Waals surface area contributed by atoms with E-state index in [-0.39, 0.29) is 0 Å². The third-order valence-electron chi connectivity index (χ3n) is 6.07. The van der Waals surface area contributed by atoms with Gasteiger partial charge in [-0.3, -0.25) is 9.59 Å². The number of amides is 1. The Labute approximate surface area is 215 Å². The molecule has 1 aromatic heterocycles. The van der Waals surface area contributed by atoms with Gasteiger partial charge in [-0.2, -0.15) is 4.98 Å². The molecule has 0 aliphatic heterocycles. The van der Waals surface area contributed by atoms with Crippen LogP contribution in [0.15, 0.2) is 83.4 Å². The van der Waals surface area contributed by atoms with Crippen LogP contribution in [-0.4, -0.2) is 39.7 Å². The molecule has 0 radical (unpaired) electrons. The zero-order valence-electron chi connectivity index (χ0n) is 20.8. The highest BCUT2D eigenvalue weighted by Crippen LogP contribution is 2.23. The summed E-state index contributed by atoms with van der Waals surface area (Å²) >= 11 is 0. The summed E-state index contributed by atoms with van der Waals surface area (Å²) in [5.74, 6) is 0.0702. The molecule has 37 heavy (non-hydrogen) atoms. The summed E-state index contributed by atoms with van der Waals surface area (Å²) in [4.78, 5) is 27.5. The molecule has 0 fully saturated rings.